The summed E-state index contributed by atoms with van der Waals surface area (Å²) in [5.74, 6) is 0.217. The van der Waals surface area contributed by atoms with E-state index in [4.69, 9.17) is 0 Å². The zero-order chi connectivity index (χ0) is 18.9. The molecule has 4 nitrogen and oxygen atoms in total. The van der Waals surface area contributed by atoms with E-state index in [1.807, 2.05) is 4.90 Å². The van der Waals surface area contributed by atoms with E-state index >= 15 is 0 Å². The third-order valence-corrected chi connectivity index (χ3v) is 8.23. The fraction of sp³-hybridized carbons (Fsp3) is 0.950. The van der Waals surface area contributed by atoms with E-state index in [1.54, 1.807) is 0 Å². The summed E-state index contributed by atoms with van der Waals surface area (Å²) in [4.78, 5) is 17.9. The van der Waals surface area contributed by atoms with Crippen LogP contribution in [-0.4, -0.2) is 67.2 Å². The van der Waals surface area contributed by atoms with Crippen LogP contribution in [0.5, 0.6) is 0 Å². The van der Waals surface area contributed by atoms with Crippen LogP contribution in [0.3, 0.4) is 0 Å². The normalized spacial score (nSPS) is 44.9. The van der Waals surface area contributed by atoms with Crippen molar-refractivity contribution >= 4 is 5.91 Å². The Morgan fingerprint density at radius 3 is 2.30 bits per heavy atom. The first-order valence-electron chi connectivity index (χ1n) is 10.6. The summed E-state index contributed by atoms with van der Waals surface area (Å²) >= 11 is 0. The number of halogens is 3. The quantitative estimate of drug-likeness (QED) is 0.794. The molecule has 1 amide bonds. The Kier molecular flexibility index (Phi) is 4.11. The Morgan fingerprint density at radius 2 is 1.67 bits per heavy atom. The zero-order valence-electron chi connectivity index (χ0n) is 15.9. The molecule has 6 fully saturated rings. The van der Waals surface area contributed by atoms with Crippen molar-refractivity contribution in [1.82, 2.24) is 15.1 Å². The van der Waals surface area contributed by atoms with Crippen LogP contribution in [-0.2, 0) is 4.79 Å². The molecular weight excluding hydrogens is 355 g/mol. The van der Waals surface area contributed by atoms with Crippen LogP contribution in [0.25, 0.3) is 0 Å². The first-order valence-corrected chi connectivity index (χ1v) is 10.6. The van der Waals surface area contributed by atoms with Crippen molar-refractivity contribution in [3.63, 3.8) is 0 Å². The smallest absolute Gasteiger partial charge is 0.341 e. The monoisotopic (exact) mass is 385 g/mol. The molecule has 6 aliphatic rings. The van der Waals surface area contributed by atoms with Crippen LogP contribution < -0.4 is 5.32 Å². The lowest BCUT2D eigenvalue weighted by molar-refractivity contribution is -0.284. The molecule has 4 saturated carbocycles. The van der Waals surface area contributed by atoms with Gasteiger partial charge in [0.2, 0.25) is 5.91 Å². The van der Waals surface area contributed by atoms with Gasteiger partial charge in [0.25, 0.3) is 0 Å². The van der Waals surface area contributed by atoms with Crippen LogP contribution in [0, 0.1) is 22.7 Å². The van der Waals surface area contributed by atoms with E-state index in [0.717, 1.165) is 39.0 Å². The molecule has 0 aromatic rings. The summed E-state index contributed by atoms with van der Waals surface area (Å²) in [5.41, 5.74) is -2.33. The second-order valence-corrected chi connectivity index (χ2v) is 10.00. The Hall–Kier alpha value is -0.820. The van der Waals surface area contributed by atoms with Crippen molar-refractivity contribution in [3.05, 3.63) is 0 Å². The maximum atomic E-state index is 14.0. The summed E-state index contributed by atoms with van der Waals surface area (Å²) in [5, 5.41) is 3.35. The van der Waals surface area contributed by atoms with Gasteiger partial charge in [-0.05, 0) is 56.8 Å². The van der Waals surface area contributed by atoms with Gasteiger partial charge >= 0.3 is 6.18 Å². The summed E-state index contributed by atoms with van der Waals surface area (Å²) in [7, 11) is 0. The number of carbonyl (C=O) groups is 1. The van der Waals surface area contributed by atoms with E-state index in [2.05, 4.69) is 10.2 Å². The number of rotatable bonds is 2. The van der Waals surface area contributed by atoms with E-state index in [0.29, 0.717) is 32.0 Å². The van der Waals surface area contributed by atoms with Crippen molar-refractivity contribution in [1.29, 1.82) is 0 Å². The predicted octanol–water partition coefficient (Wildman–Crippen LogP) is 2.64. The van der Waals surface area contributed by atoms with E-state index < -0.39 is 17.0 Å². The van der Waals surface area contributed by atoms with Gasteiger partial charge in [-0.3, -0.25) is 9.69 Å². The lowest BCUT2D eigenvalue weighted by Gasteiger charge is -2.61. The van der Waals surface area contributed by atoms with Crippen molar-refractivity contribution in [2.75, 3.05) is 39.3 Å². The fourth-order valence-corrected chi connectivity index (χ4v) is 7.45. The Labute approximate surface area is 158 Å². The number of alkyl halides is 3. The van der Waals surface area contributed by atoms with E-state index in [-0.39, 0.29) is 37.0 Å². The molecule has 2 aliphatic heterocycles. The lowest BCUT2D eigenvalue weighted by Crippen LogP contribution is -2.61. The van der Waals surface area contributed by atoms with Crippen LogP contribution >= 0.6 is 0 Å². The maximum Gasteiger partial charge on any atom is 0.394 e. The number of piperazine rings is 1. The number of nitrogens with one attached hydrogen (secondary N) is 1. The van der Waals surface area contributed by atoms with Crippen molar-refractivity contribution in [2.24, 2.45) is 22.7 Å². The van der Waals surface area contributed by atoms with Crippen LogP contribution in [0.4, 0.5) is 13.2 Å². The van der Waals surface area contributed by atoms with E-state index in [1.165, 1.54) is 0 Å². The molecule has 0 aromatic carbocycles. The minimum absolute atomic E-state index is 0.0443. The van der Waals surface area contributed by atoms with Gasteiger partial charge in [-0.25, -0.2) is 0 Å². The summed E-state index contributed by atoms with van der Waals surface area (Å²) in [6.45, 7) is 5.37. The molecule has 4 aliphatic carbocycles. The largest absolute Gasteiger partial charge is 0.394 e. The van der Waals surface area contributed by atoms with Gasteiger partial charge in [0, 0.05) is 45.3 Å². The van der Waals surface area contributed by atoms with Crippen LogP contribution in [0.1, 0.15) is 44.9 Å². The summed E-state index contributed by atoms with van der Waals surface area (Å²) in [6.07, 6.45) is -0.384. The highest BCUT2D eigenvalue weighted by molar-refractivity contribution is 5.83. The maximum absolute atomic E-state index is 14.0. The van der Waals surface area contributed by atoms with Gasteiger partial charge in [0.15, 0.2) is 0 Å². The number of carbonyl (C=O) groups excluding carboxylic acids is 1. The molecule has 1 N–H and O–H groups in total. The standard InChI is InChI=1S/C20H30F3N3O/c21-20(22,23)19-10-14-7-15(11-19)9-18(8-14,13-19)17(27)26-4-1-16(12-26)25-5-2-24-3-6-25/h14-16,24H,1-13H2. The average Bonchev–Trinajstić information content (AvgIpc) is 3.10. The third kappa shape index (κ3) is 2.83. The highest BCUT2D eigenvalue weighted by Crippen LogP contribution is 2.69. The molecule has 4 bridgehead atoms. The van der Waals surface area contributed by atoms with Crippen LogP contribution in [0.2, 0.25) is 0 Å². The molecular formula is C20H30F3N3O. The molecule has 6 rings (SSSR count). The molecule has 152 valence electrons. The zero-order valence-corrected chi connectivity index (χ0v) is 15.9. The number of hydrogen-bond acceptors (Lipinski definition) is 3. The first kappa shape index (κ1) is 18.2. The minimum atomic E-state index is -4.18. The number of hydrogen-bond donors (Lipinski definition) is 1. The van der Waals surface area contributed by atoms with Gasteiger partial charge in [-0.2, -0.15) is 13.2 Å². The van der Waals surface area contributed by atoms with Gasteiger partial charge in [-0.15, -0.1) is 0 Å². The molecule has 27 heavy (non-hydrogen) atoms. The Balaban J connectivity index is 1.34. The molecule has 3 unspecified atom stereocenters. The van der Waals surface area contributed by atoms with Crippen molar-refractivity contribution in [2.45, 2.75) is 57.2 Å². The molecule has 0 radical (unpaired) electrons. The number of likely N-dealkylation sites (tertiary alicyclic amines) is 1. The SMILES string of the molecule is O=C(N1CCC(N2CCNCC2)C1)C12CC3CC(C1)CC(C(F)(F)F)(C3)C2. The van der Waals surface area contributed by atoms with Crippen molar-refractivity contribution < 1.29 is 18.0 Å². The minimum Gasteiger partial charge on any atom is -0.341 e. The van der Waals surface area contributed by atoms with Gasteiger partial charge in [0.1, 0.15) is 0 Å². The summed E-state index contributed by atoms with van der Waals surface area (Å²) < 4.78 is 41.9. The first-order chi connectivity index (χ1) is 12.8. The fourth-order valence-electron chi connectivity index (χ4n) is 7.45. The second-order valence-electron chi connectivity index (χ2n) is 10.00. The van der Waals surface area contributed by atoms with Gasteiger partial charge in [-0.1, -0.05) is 0 Å². The number of amides is 1. The molecule has 3 atom stereocenters. The van der Waals surface area contributed by atoms with Gasteiger partial charge < -0.3 is 10.2 Å². The third-order valence-electron chi connectivity index (χ3n) is 8.23. The van der Waals surface area contributed by atoms with E-state index in [9.17, 15) is 18.0 Å². The Bertz CT molecular complexity index is 602. The van der Waals surface area contributed by atoms with Crippen molar-refractivity contribution in [3.8, 4) is 0 Å². The highest BCUT2D eigenvalue weighted by Gasteiger charge is 2.69. The molecule has 2 heterocycles. The molecule has 7 heteroatoms. The topological polar surface area (TPSA) is 35.6 Å². The second kappa shape index (κ2) is 6.09. The van der Waals surface area contributed by atoms with Crippen LogP contribution in [0.15, 0.2) is 0 Å². The highest BCUT2D eigenvalue weighted by atomic mass is 19.4. The summed E-state index contributed by atoms with van der Waals surface area (Å²) in [6, 6.07) is 0.376. The lowest BCUT2D eigenvalue weighted by atomic mass is 9.43. The molecule has 0 spiro atoms. The average molecular weight is 385 g/mol. The number of nitrogens with zero attached hydrogens (tertiary/aromatic N) is 2. The molecule has 0 aromatic heterocycles. The Morgan fingerprint density at radius 1 is 1.00 bits per heavy atom. The predicted molar refractivity (Wildman–Crippen MR) is 95.0 cm³/mol. The van der Waals surface area contributed by atoms with Gasteiger partial charge in [0.05, 0.1) is 10.8 Å². The molecule has 2 saturated heterocycles.